The van der Waals surface area contributed by atoms with E-state index >= 15 is 0 Å². The van der Waals surface area contributed by atoms with Gasteiger partial charge in [-0.2, -0.15) is 0 Å². The molecule has 0 aromatic heterocycles. The van der Waals surface area contributed by atoms with Crippen LogP contribution in [0.5, 0.6) is 0 Å². The molecule has 2 aromatic carbocycles. The second-order valence-electron chi connectivity index (χ2n) is 7.35. The van der Waals surface area contributed by atoms with Gasteiger partial charge in [-0.15, -0.1) is 0 Å². The summed E-state index contributed by atoms with van der Waals surface area (Å²) in [5.74, 6) is -0.293. The Labute approximate surface area is 167 Å². The highest BCUT2D eigenvalue weighted by atomic mass is 16.5. The van der Waals surface area contributed by atoms with Crippen molar-refractivity contribution in [1.29, 1.82) is 0 Å². The lowest BCUT2D eigenvalue weighted by atomic mass is 10.1. The maximum atomic E-state index is 12.5. The summed E-state index contributed by atoms with van der Waals surface area (Å²) in [7, 11) is 0. The summed E-state index contributed by atoms with van der Waals surface area (Å²) in [6, 6.07) is 14.8. The third-order valence-corrected chi connectivity index (χ3v) is 5.22. The van der Waals surface area contributed by atoms with E-state index in [-0.39, 0.29) is 11.9 Å². The average molecular weight is 380 g/mol. The van der Waals surface area contributed by atoms with Crippen LogP contribution in [-0.2, 0) is 11.3 Å². The van der Waals surface area contributed by atoms with E-state index in [0.717, 1.165) is 29.7 Å². The highest BCUT2D eigenvalue weighted by Crippen LogP contribution is 2.28. The highest BCUT2D eigenvalue weighted by Gasteiger charge is 2.27. The van der Waals surface area contributed by atoms with Crippen LogP contribution in [0.4, 0.5) is 5.69 Å². The molecule has 0 bridgehead atoms. The number of amides is 1. The Bertz CT molecular complexity index is 798. The van der Waals surface area contributed by atoms with Gasteiger partial charge in [0.15, 0.2) is 0 Å². The van der Waals surface area contributed by atoms with Crippen LogP contribution >= 0.6 is 0 Å². The Balaban J connectivity index is 1.44. The average Bonchev–Trinajstić information content (AvgIpc) is 3.07. The number of fused-ring (bicyclic) bond motifs is 1. The van der Waals surface area contributed by atoms with Crippen molar-refractivity contribution in [3.05, 3.63) is 65.2 Å². The number of carbonyl (C=O) groups excluding carboxylic acids is 2. The molecule has 0 spiro atoms. The fourth-order valence-corrected chi connectivity index (χ4v) is 3.55. The first-order valence-corrected chi connectivity index (χ1v) is 10.4. The van der Waals surface area contributed by atoms with E-state index < -0.39 is 0 Å². The molecule has 0 fully saturated rings. The molecule has 1 aliphatic rings. The molecule has 4 nitrogen and oxygen atoms in total. The summed E-state index contributed by atoms with van der Waals surface area (Å²) in [6.07, 6.45) is 8.35. The molecule has 0 radical (unpaired) electrons. The van der Waals surface area contributed by atoms with E-state index in [1.807, 2.05) is 36.4 Å². The summed E-state index contributed by atoms with van der Waals surface area (Å²) in [6.45, 7) is 3.25. The van der Waals surface area contributed by atoms with Crippen molar-refractivity contribution in [1.82, 2.24) is 0 Å². The molecule has 1 heterocycles. The van der Waals surface area contributed by atoms with Crippen molar-refractivity contribution in [3.8, 4) is 0 Å². The number of unbranched alkanes of at least 4 members (excludes halogenated alkanes) is 6. The van der Waals surface area contributed by atoms with Crippen molar-refractivity contribution < 1.29 is 14.3 Å². The van der Waals surface area contributed by atoms with E-state index in [2.05, 4.69) is 6.92 Å². The monoisotopic (exact) mass is 379 g/mol. The normalized spacial score (nSPS) is 12.9. The number of ether oxygens (including phenoxy) is 1. The van der Waals surface area contributed by atoms with Crippen LogP contribution in [-0.4, -0.2) is 18.5 Å². The van der Waals surface area contributed by atoms with Gasteiger partial charge >= 0.3 is 5.97 Å². The van der Waals surface area contributed by atoms with Gasteiger partial charge in [-0.05, 0) is 42.3 Å². The van der Waals surface area contributed by atoms with Gasteiger partial charge in [0.25, 0.3) is 5.91 Å². The van der Waals surface area contributed by atoms with Crippen LogP contribution in [0.25, 0.3) is 0 Å². The zero-order valence-electron chi connectivity index (χ0n) is 16.7. The fraction of sp³-hybridized carbons (Fsp3) is 0.417. The summed E-state index contributed by atoms with van der Waals surface area (Å²) in [4.78, 5) is 26.5. The molecule has 148 valence electrons. The van der Waals surface area contributed by atoms with Gasteiger partial charge in [-0.1, -0.05) is 63.6 Å². The van der Waals surface area contributed by atoms with Crippen LogP contribution < -0.4 is 4.90 Å². The van der Waals surface area contributed by atoms with Gasteiger partial charge in [-0.3, -0.25) is 4.79 Å². The van der Waals surface area contributed by atoms with Gasteiger partial charge in [0.05, 0.1) is 18.7 Å². The predicted octanol–water partition coefficient (Wildman–Crippen LogP) is 5.75. The molecule has 0 unspecified atom stereocenters. The molecule has 0 atom stereocenters. The van der Waals surface area contributed by atoms with E-state index in [1.165, 1.54) is 32.1 Å². The first-order chi connectivity index (χ1) is 13.7. The standard InChI is InChI=1S/C24H29NO3/c1-2-3-4-5-6-7-10-17-28-24(27)19-13-15-21(16-14-19)25-18-20-11-8-9-12-22(20)23(25)26/h8-9,11-16H,2-7,10,17-18H2,1H3. The van der Waals surface area contributed by atoms with Crippen molar-refractivity contribution in [2.45, 2.75) is 58.4 Å². The number of esters is 1. The Kier molecular flexibility index (Phi) is 7.24. The van der Waals surface area contributed by atoms with Crippen molar-refractivity contribution in [2.24, 2.45) is 0 Å². The summed E-state index contributed by atoms with van der Waals surface area (Å²) in [5, 5.41) is 0. The predicted molar refractivity (Wildman–Crippen MR) is 112 cm³/mol. The van der Waals surface area contributed by atoms with Crippen molar-refractivity contribution >= 4 is 17.6 Å². The molecule has 0 N–H and O–H groups in total. The van der Waals surface area contributed by atoms with E-state index in [1.54, 1.807) is 17.0 Å². The third kappa shape index (κ3) is 5.00. The number of rotatable bonds is 10. The molecule has 28 heavy (non-hydrogen) atoms. The number of benzene rings is 2. The molecule has 0 saturated carbocycles. The third-order valence-electron chi connectivity index (χ3n) is 5.22. The van der Waals surface area contributed by atoms with Gasteiger partial charge in [-0.25, -0.2) is 4.79 Å². The fourth-order valence-electron chi connectivity index (χ4n) is 3.55. The lowest BCUT2D eigenvalue weighted by Crippen LogP contribution is -2.23. The second kappa shape index (κ2) is 10.1. The summed E-state index contributed by atoms with van der Waals surface area (Å²) in [5.41, 5.74) is 3.10. The Hall–Kier alpha value is -2.62. The number of nitrogens with zero attached hydrogens (tertiary/aromatic N) is 1. The minimum absolute atomic E-state index is 0.00450. The number of carbonyl (C=O) groups is 2. The van der Waals surface area contributed by atoms with Gasteiger partial charge in [0.1, 0.15) is 0 Å². The van der Waals surface area contributed by atoms with Crippen LogP contribution in [0.15, 0.2) is 48.5 Å². The van der Waals surface area contributed by atoms with Crippen molar-refractivity contribution in [2.75, 3.05) is 11.5 Å². The molecular weight excluding hydrogens is 350 g/mol. The van der Waals surface area contributed by atoms with E-state index in [4.69, 9.17) is 4.74 Å². The van der Waals surface area contributed by atoms with Crippen LogP contribution in [0.3, 0.4) is 0 Å². The minimum Gasteiger partial charge on any atom is -0.462 e. The van der Waals surface area contributed by atoms with Crippen LogP contribution in [0.2, 0.25) is 0 Å². The largest absolute Gasteiger partial charge is 0.462 e. The quantitative estimate of drug-likeness (QED) is 0.390. The Morgan fingerprint density at radius 2 is 1.61 bits per heavy atom. The maximum absolute atomic E-state index is 12.5. The topological polar surface area (TPSA) is 46.6 Å². The van der Waals surface area contributed by atoms with E-state index in [9.17, 15) is 9.59 Å². The minimum atomic E-state index is -0.298. The summed E-state index contributed by atoms with van der Waals surface area (Å²) < 4.78 is 5.37. The Morgan fingerprint density at radius 3 is 2.32 bits per heavy atom. The zero-order chi connectivity index (χ0) is 19.8. The van der Waals surface area contributed by atoms with Crippen LogP contribution in [0, 0.1) is 0 Å². The molecule has 3 rings (SSSR count). The molecule has 2 aromatic rings. The molecule has 1 amide bonds. The molecule has 1 aliphatic heterocycles. The maximum Gasteiger partial charge on any atom is 0.338 e. The van der Waals surface area contributed by atoms with Gasteiger partial charge < -0.3 is 9.64 Å². The van der Waals surface area contributed by atoms with Crippen molar-refractivity contribution in [3.63, 3.8) is 0 Å². The van der Waals surface area contributed by atoms with Gasteiger partial charge in [0, 0.05) is 11.3 Å². The molecule has 0 saturated heterocycles. The highest BCUT2D eigenvalue weighted by molar-refractivity contribution is 6.10. The van der Waals surface area contributed by atoms with Gasteiger partial charge in [0.2, 0.25) is 0 Å². The number of hydrogen-bond donors (Lipinski definition) is 0. The molecular formula is C24H29NO3. The number of hydrogen-bond acceptors (Lipinski definition) is 3. The molecule has 0 aliphatic carbocycles. The summed E-state index contributed by atoms with van der Waals surface area (Å²) >= 11 is 0. The first-order valence-electron chi connectivity index (χ1n) is 10.4. The number of anilines is 1. The SMILES string of the molecule is CCCCCCCCCOC(=O)c1ccc(N2Cc3ccccc3C2=O)cc1. The van der Waals surface area contributed by atoms with E-state index in [0.29, 0.717) is 18.7 Å². The lowest BCUT2D eigenvalue weighted by molar-refractivity contribution is 0.0497. The Morgan fingerprint density at radius 1 is 0.929 bits per heavy atom. The lowest BCUT2D eigenvalue weighted by Gasteiger charge is -2.16. The second-order valence-corrected chi connectivity index (χ2v) is 7.35. The zero-order valence-corrected chi connectivity index (χ0v) is 16.7. The smallest absolute Gasteiger partial charge is 0.338 e. The molecule has 4 heteroatoms. The first kappa shape index (κ1) is 20.1. The van der Waals surface area contributed by atoms with Crippen LogP contribution in [0.1, 0.15) is 78.1 Å².